The smallest absolute Gasteiger partial charge is 0.129 e. The average molecular weight is 246 g/mol. The number of aromatic hydroxyl groups is 1. The molecule has 0 radical (unpaired) electrons. The second-order valence-corrected chi connectivity index (χ2v) is 4.29. The molecule has 0 aliphatic carbocycles. The summed E-state index contributed by atoms with van der Waals surface area (Å²) < 4.78 is 18.7. The van der Waals surface area contributed by atoms with E-state index in [2.05, 4.69) is 0 Å². The molecule has 0 aliphatic heterocycles. The van der Waals surface area contributed by atoms with E-state index in [4.69, 9.17) is 4.74 Å². The minimum Gasteiger partial charge on any atom is -0.508 e. The Hall–Kier alpha value is -2.03. The molecular formula is C15H15FO2. The fourth-order valence-electron chi connectivity index (χ4n) is 2.01. The van der Waals surface area contributed by atoms with Crippen LogP contribution in [0.3, 0.4) is 0 Å². The summed E-state index contributed by atoms with van der Waals surface area (Å²) in [6.07, 6.45) is 0. The molecule has 0 saturated carbocycles. The molecule has 2 aromatic rings. The molecule has 0 spiro atoms. The standard InChI is InChI=1S/C15H15FO2/c1-9-4-5-14(15(18-3)10(9)2)11-6-12(16)8-13(17)7-11/h4-8,17H,1-3H3. The molecule has 0 aromatic heterocycles. The van der Waals surface area contributed by atoms with E-state index in [0.717, 1.165) is 22.8 Å². The van der Waals surface area contributed by atoms with Crippen LogP contribution in [0, 0.1) is 19.7 Å². The highest BCUT2D eigenvalue weighted by Crippen LogP contribution is 2.36. The lowest BCUT2D eigenvalue weighted by molar-refractivity contribution is 0.413. The molecule has 0 fully saturated rings. The topological polar surface area (TPSA) is 29.5 Å². The summed E-state index contributed by atoms with van der Waals surface area (Å²) in [4.78, 5) is 0. The Labute approximate surface area is 106 Å². The predicted molar refractivity (Wildman–Crippen MR) is 69.5 cm³/mol. The van der Waals surface area contributed by atoms with Gasteiger partial charge in [0, 0.05) is 11.6 Å². The van der Waals surface area contributed by atoms with Crippen LogP contribution in [0.25, 0.3) is 11.1 Å². The fraction of sp³-hybridized carbons (Fsp3) is 0.200. The molecule has 2 nitrogen and oxygen atoms in total. The van der Waals surface area contributed by atoms with Crippen LogP contribution in [0.2, 0.25) is 0 Å². The van der Waals surface area contributed by atoms with Crippen LogP contribution in [0.15, 0.2) is 30.3 Å². The Bertz CT molecular complexity index is 571. The largest absolute Gasteiger partial charge is 0.508 e. The summed E-state index contributed by atoms with van der Waals surface area (Å²) in [6, 6.07) is 7.81. The maximum Gasteiger partial charge on any atom is 0.129 e. The predicted octanol–water partition coefficient (Wildman–Crippen LogP) is 3.82. The summed E-state index contributed by atoms with van der Waals surface area (Å²) in [5, 5.41) is 9.46. The molecule has 94 valence electrons. The van der Waals surface area contributed by atoms with Crippen LogP contribution in [-0.2, 0) is 0 Å². The van der Waals surface area contributed by atoms with Gasteiger partial charge in [-0.3, -0.25) is 0 Å². The van der Waals surface area contributed by atoms with Gasteiger partial charge in [0.1, 0.15) is 17.3 Å². The number of phenols is 1. The Morgan fingerprint density at radius 3 is 2.44 bits per heavy atom. The number of halogens is 1. The lowest BCUT2D eigenvalue weighted by Gasteiger charge is -2.14. The number of hydrogen-bond donors (Lipinski definition) is 1. The number of ether oxygens (including phenoxy) is 1. The molecule has 0 atom stereocenters. The van der Waals surface area contributed by atoms with E-state index in [-0.39, 0.29) is 5.75 Å². The van der Waals surface area contributed by atoms with Gasteiger partial charge < -0.3 is 9.84 Å². The van der Waals surface area contributed by atoms with Gasteiger partial charge in [0.15, 0.2) is 0 Å². The number of hydrogen-bond acceptors (Lipinski definition) is 2. The Morgan fingerprint density at radius 2 is 1.83 bits per heavy atom. The molecule has 0 saturated heterocycles. The van der Waals surface area contributed by atoms with Crippen molar-refractivity contribution in [3.8, 4) is 22.6 Å². The zero-order valence-electron chi connectivity index (χ0n) is 10.6. The second kappa shape index (κ2) is 4.69. The first kappa shape index (κ1) is 12.4. The van der Waals surface area contributed by atoms with Crippen molar-refractivity contribution in [3.05, 3.63) is 47.3 Å². The van der Waals surface area contributed by atoms with Crippen molar-refractivity contribution < 1.29 is 14.2 Å². The van der Waals surface area contributed by atoms with Gasteiger partial charge in [0.25, 0.3) is 0 Å². The van der Waals surface area contributed by atoms with Crippen LogP contribution in [0.5, 0.6) is 11.5 Å². The highest BCUT2D eigenvalue weighted by molar-refractivity contribution is 5.74. The van der Waals surface area contributed by atoms with E-state index in [0.29, 0.717) is 11.3 Å². The fourth-order valence-corrected chi connectivity index (χ4v) is 2.01. The molecule has 18 heavy (non-hydrogen) atoms. The molecule has 0 aliphatic rings. The lowest BCUT2D eigenvalue weighted by atomic mass is 9.98. The number of methoxy groups -OCH3 is 1. The average Bonchev–Trinajstić information content (AvgIpc) is 2.31. The summed E-state index contributed by atoms with van der Waals surface area (Å²) >= 11 is 0. The molecule has 1 N–H and O–H groups in total. The first-order valence-corrected chi connectivity index (χ1v) is 5.67. The maximum absolute atomic E-state index is 13.3. The van der Waals surface area contributed by atoms with Gasteiger partial charge in [-0.05, 0) is 42.7 Å². The highest BCUT2D eigenvalue weighted by atomic mass is 19.1. The van der Waals surface area contributed by atoms with Gasteiger partial charge in [0.05, 0.1) is 7.11 Å². The lowest BCUT2D eigenvalue weighted by Crippen LogP contribution is -1.94. The van der Waals surface area contributed by atoms with Gasteiger partial charge in [-0.1, -0.05) is 12.1 Å². The van der Waals surface area contributed by atoms with E-state index in [9.17, 15) is 9.50 Å². The molecule has 2 rings (SSSR count). The summed E-state index contributed by atoms with van der Waals surface area (Å²) in [7, 11) is 1.59. The molecule has 0 bridgehead atoms. The Balaban J connectivity index is 2.67. The summed E-state index contributed by atoms with van der Waals surface area (Å²) in [5.41, 5.74) is 3.50. The van der Waals surface area contributed by atoms with Gasteiger partial charge in [0.2, 0.25) is 0 Å². The molecule has 0 heterocycles. The van der Waals surface area contributed by atoms with Crippen LogP contribution in [0.4, 0.5) is 4.39 Å². The van der Waals surface area contributed by atoms with E-state index in [1.807, 2.05) is 26.0 Å². The minimum absolute atomic E-state index is 0.0923. The van der Waals surface area contributed by atoms with E-state index < -0.39 is 5.82 Å². The number of rotatable bonds is 2. The van der Waals surface area contributed by atoms with Crippen molar-refractivity contribution in [2.45, 2.75) is 13.8 Å². The zero-order chi connectivity index (χ0) is 13.3. The SMILES string of the molecule is COc1c(-c2cc(O)cc(F)c2)ccc(C)c1C. The van der Waals surface area contributed by atoms with Gasteiger partial charge in [-0.15, -0.1) is 0 Å². The molecule has 0 unspecified atom stereocenters. The molecular weight excluding hydrogens is 231 g/mol. The number of aryl methyl sites for hydroxylation is 1. The van der Waals surface area contributed by atoms with Gasteiger partial charge >= 0.3 is 0 Å². The normalized spacial score (nSPS) is 10.4. The van der Waals surface area contributed by atoms with E-state index in [1.54, 1.807) is 7.11 Å². The molecule has 2 aromatic carbocycles. The molecule has 0 amide bonds. The molecule has 3 heteroatoms. The summed E-state index contributed by atoms with van der Waals surface area (Å²) in [6.45, 7) is 3.95. The zero-order valence-corrected chi connectivity index (χ0v) is 10.6. The van der Waals surface area contributed by atoms with Crippen molar-refractivity contribution in [2.75, 3.05) is 7.11 Å². The second-order valence-electron chi connectivity index (χ2n) is 4.29. The van der Waals surface area contributed by atoms with Crippen LogP contribution >= 0.6 is 0 Å². The van der Waals surface area contributed by atoms with Crippen molar-refractivity contribution in [2.24, 2.45) is 0 Å². The Kier molecular flexibility index (Phi) is 3.24. The van der Waals surface area contributed by atoms with Crippen LogP contribution in [0.1, 0.15) is 11.1 Å². The number of benzene rings is 2. The van der Waals surface area contributed by atoms with E-state index >= 15 is 0 Å². The maximum atomic E-state index is 13.3. The quantitative estimate of drug-likeness (QED) is 0.872. The van der Waals surface area contributed by atoms with Gasteiger partial charge in [-0.2, -0.15) is 0 Å². The third-order valence-corrected chi connectivity index (χ3v) is 3.07. The Morgan fingerprint density at radius 1 is 1.11 bits per heavy atom. The summed E-state index contributed by atoms with van der Waals surface area (Å²) in [5.74, 6) is 0.149. The van der Waals surface area contributed by atoms with Crippen molar-refractivity contribution in [1.82, 2.24) is 0 Å². The van der Waals surface area contributed by atoms with Crippen LogP contribution in [-0.4, -0.2) is 12.2 Å². The minimum atomic E-state index is -0.467. The first-order valence-electron chi connectivity index (χ1n) is 5.67. The van der Waals surface area contributed by atoms with E-state index in [1.165, 1.54) is 12.1 Å². The van der Waals surface area contributed by atoms with Crippen molar-refractivity contribution in [3.63, 3.8) is 0 Å². The highest BCUT2D eigenvalue weighted by Gasteiger charge is 2.12. The number of phenolic OH excluding ortho intramolecular Hbond substituents is 1. The first-order chi connectivity index (χ1) is 8.52. The third-order valence-electron chi connectivity index (χ3n) is 3.07. The van der Waals surface area contributed by atoms with Crippen LogP contribution < -0.4 is 4.74 Å². The third kappa shape index (κ3) is 2.16. The van der Waals surface area contributed by atoms with Crippen molar-refractivity contribution in [1.29, 1.82) is 0 Å². The monoisotopic (exact) mass is 246 g/mol. The van der Waals surface area contributed by atoms with Gasteiger partial charge in [-0.25, -0.2) is 4.39 Å². The van der Waals surface area contributed by atoms with Crippen molar-refractivity contribution >= 4 is 0 Å².